The van der Waals surface area contributed by atoms with E-state index < -0.39 is 17.5 Å². The van der Waals surface area contributed by atoms with E-state index >= 15 is 0 Å². The number of ketones is 1. The van der Waals surface area contributed by atoms with Gasteiger partial charge in [0.1, 0.15) is 0 Å². The van der Waals surface area contributed by atoms with Crippen LogP contribution in [0.25, 0.3) is 0 Å². The molecule has 2 N–H and O–H groups in total. The Morgan fingerprint density at radius 1 is 1.00 bits per heavy atom. The number of carboxylic acid groups (broad SMARTS) is 1. The summed E-state index contributed by atoms with van der Waals surface area (Å²) in [6.07, 6.45) is 7.14. The van der Waals surface area contributed by atoms with Gasteiger partial charge in [0.2, 0.25) is 5.78 Å². The molecular formula is C19H28O5. The molecule has 24 heavy (non-hydrogen) atoms. The maximum atomic E-state index is 12.1. The van der Waals surface area contributed by atoms with Gasteiger partial charge in [-0.15, -0.1) is 0 Å². The predicted octanol–water partition coefficient (Wildman–Crippen LogP) is 3.69. The first-order valence-electron chi connectivity index (χ1n) is 8.67. The van der Waals surface area contributed by atoms with Gasteiger partial charge in [-0.3, -0.25) is 4.79 Å². The molecule has 1 aromatic rings. The van der Waals surface area contributed by atoms with E-state index in [0.29, 0.717) is 12.0 Å². The number of carbonyl (C=O) groups is 2. The van der Waals surface area contributed by atoms with Crippen molar-refractivity contribution in [3.05, 3.63) is 35.9 Å². The van der Waals surface area contributed by atoms with Crippen LogP contribution in [-0.4, -0.2) is 27.8 Å². The Bertz CT molecular complexity index is 500. The molecule has 0 aliphatic rings. The minimum atomic E-state index is -2.77. The van der Waals surface area contributed by atoms with Crippen LogP contribution in [0.3, 0.4) is 0 Å². The predicted molar refractivity (Wildman–Crippen MR) is 91.4 cm³/mol. The van der Waals surface area contributed by atoms with Crippen molar-refractivity contribution in [2.45, 2.75) is 70.7 Å². The number of hydrogen-bond donors (Lipinski definition) is 2. The number of carboxylic acids is 1. The molecule has 0 bridgehead atoms. The molecule has 0 saturated heterocycles. The van der Waals surface area contributed by atoms with Gasteiger partial charge in [-0.1, -0.05) is 75.8 Å². The first kappa shape index (κ1) is 20.3. The lowest BCUT2D eigenvalue weighted by molar-refractivity contribution is -0.223. The fourth-order valence-electron chi connectivity index (χ4n) is 2.44. The molecule has 5 nitrogen and oxygen atoms in total. The number of hydrogen-bond acceptors (Lipinski definition) is 4. The zero-order chi connectivity index (χ0) is 17.8. The Morgan fingerprint density at radius 3 is 2.17 bits per heavy atom. The Labute approximate surface area is 143 Å². The van der Waals surface area contributed by atoms with Gasteiger partial charge in [-0.2, -0.15) is 0 Å². The summed E-state index contributed by atoms with van der Waals surface area (Å²) >= 11 is 0. The number of unbranched alkanes of at least 4 members (excludes halogenated alkanes) is 6. The third kappa shape index (κ3) is 6.81. The Balaban J connectivity index is 2.41. The molecule has 0 aliphatic carbocycles. The van der Waals surface area contributed by atoms with Gasteiger partial charge in [0, 0.05) is 6.42 Å². The lowest BCUT2D eigenvalue weighted by Crippen LogP contribution is -2.49. The molecule has 0 spiro atoms. The monoisotopic (exact) mass is 336 g/mol. The van der Waals surface area contributed by atoms with E-state index in [9.17, 15) is 19.8 Å². The van der Waals surface area contributed by atoms with Crippen LogP contribution < -0.4 is 0 Å². The average molecular weight is 336 g/mol. The second-order valence-corrected chi connectivity index (χ2v) is 6.02. The minimum absolute atomic E-state index is 0.00532. The van der Waals surface area contributed by atoms with Crippen molar-refractivity contribution in [3.63, 3.8) is 0 Å². The third-order valence-electron chi connectivity index (χ3n) is 3.97. The standard InChI is InChI=1S/C19H28O5/c1-2-3-4-5-6-7-11-14-17(20)19(23,18(21)22)24-15-16-12-9-8-10-13-16/h8-10,12-13,23H,2-7,11,14-15H2,1H3,(H,21,22). The summed E-state index contributed by atoms with van der Waals surface area (Å²) in [6.45, 7) is 2.02. The lowest BCUT2D eigenvalue weighted by atomic mass is 10.0. The van der Waals surface area contributed by atoms with Gasteiger partial charge in [0.15, 0.2) is 0 Å². The van der Waals surface area contributed by atoms with Crippen LogP contribution in [-0.2, 0) is 20.9 Å². The molecule has 0 aliphatic heterocycles. The fourth-order valence-corrected chi connectivity index (χ4v) is 2.44. The molecule has 1 unspecified atom stereocenters. The maximum absolute atomic E-state index is 12.1. The summed E-state index contributed by atoms with van der Waals surface area (Å²) in [5.74, 6) is -5.22. The van der Waals surface area contributed by atoms with Gasteiger partial charge in [-0.05, 0) is 12.0 Å². The molecule has 5 heteroatoms. The molecule has 0 radical (unpaired) electrons. The number of Topliss-reactive ketones (excluding diaryl/α,β-unsaturated/α-hetero) is 1. The number of aliphatic carboxylic acids is 1. The summed E-state index contributed by atoms with van der Waals surface area (Å²) in [5, 5.41) is 19.3. The summed E-state index contributed by atoms with van der Waals surface area (Å²) < 4.78 is 5.06. The van der Waals surface area contributed by atoms with Crippen LogP contribution in [0.15, 0.2) is 30.3 Å². The van der Waals surface area contributed by atoms with Crippen molar-refractivity contribution in [1.29, 1.82) is 0 Å². The lowest BCUT2D eigenvalue weighted by Gasteiger charge is -2.22. The zero-order valence-corrected chi connectivity index (χ0v) is 14.4. The van der Waals surface area contributed by atoms with Crippen LogP contribution in [0.1, 0.15) is 63.9 Å². The van der Waals surface area contributed by atoms with Crippen molar-refractivity contribution >= 4 is 11.8 Å². The van der Waals surface area contributed by atoms with Gasteiger partial charge < -0.3 is 14.9 Å². The average Bonchev–Trinajstić information content (AvgIpc) is 2.59. The molecular weight excluding hydrogens is 308 g/mol. The molecule has 134 valence electrons. The number of carbonyl (C=O) groups excluding carboxylic acids is 1. The first-order chi connectivity index (χ1) is 11.5. The van der Waals surface area contributed by atoms with E-state index in [0.717, 1.165) is 19.3 Å². The SMILES string of the molecule is CCCCCCCCCC(=O)C(O)(OCc1ccccc1)C(=O)O. The quantitative estimate of drug-likeness (QED) is 0.326. The third-order valence-corrected chi connectivity index (χ3v) is 3.97. The molecule has 1 rings (SSSR count). The molecule has 1 atom stereocenters. The fraction of sp³-hybridized carbons (Fsp3) is 0.579. The highest BCUT2D eigenvalue weighted by Crippen LogP contribution is 2.18. The van der Waals surface area contributed by atoms with Crippen molar-refractivity contribution in [3.8, 4) is 0 Å². The van der Waals surface area contributed by atoms with Crippen molar-refractivity contribution in [1.82, 2.24) is 0 Å². The van der Waals surface area contributed by atoms with Crippen LogP contribution in [0, 0.1) is 0 Å². The van der Waals surface area contributed by atoms with E-state index in [1.54, 1.807) is 24.3 Å². The van der Waals surface area contributed by atoms with E-state index in [1.807, 2.05) is 6.07 Å². The summed E-state index contributed by atoms with van der Waals surface area (Å²) in [6, 6.07) is 8.85. The smallest absolute Gasteiger partial charge is 0.372 e. The number of benzene rings is 1. The van der Waals surface area contributed by atoms with E-state index in [-0.39, 0.29) is 13.0 Å². The van der Waals surface area contributed by atoms with E-state index in [2.05, 4.69) is 6.92 Å². The van der Waals surface area contributed by atoms with Gasteiger partial charge in [-0.25, -0.2) is 4.79 Å². The molecule has 0 heterocycles. The Hall–Kier alpha value is -1.72. The first-order valence-corrected chi connectivity index (χ1v) is 8.67. The van der Waals surface area contributed by atoms with Gasteiger partial charge >= 0.3 is 11.8 Å². The highest BCUT2D eigenvalue weighted by atomic mass is 16.6. The topological polar surface area (TPSA) is 83.8 Å². The van der Waals surface area contributed by atoms with Crippen LogP contribution in [0.4, 0.5) is 0 Å². The Kier molecular flexibility index (Phi) is 9.27. The van der Waals surface area contributed by atoms with Crippen LogP contribution in [0.5, 0.6) is 0 Å². The molecule has 0 amide bonds. The summed E-state index contributed by atoms with van der Waals surface area (Å²) in [7, 11) is 0. The van der Waals surface area contributed by atoms with Crippen LogP contribution in [0.2, 0.25) is 0 Å². The van der Waals surface area contributed by atoms with Crippen molar-refractivity contribution in [2.75, 3.05) is 0 Å². The summed E-state index contributed by atoms with van der Waals surface area (Å²) in [5.41, 5.74) is 0.695. The van der Waals surface area contributed by atoms with Crippen molar-refractivity contribution in [2.24, 2.45) is 0 Å². The molecule has 0 saturated carbocycles. The Morgan fingerprint density at radius 2 is 1.58 bits per heavy atom. The minimum Gasteiger partial charge on any atom is -0.477 e. The van der Waals surface area contributed by atoms with Gasteiger partial charge in [0.05, 0.1) is 6.61 Å². The zero-order valence-electron chi connectivity index (χ0n) is 14.4. The van der Waals surface area contributed by atoms with Crippen LogP contribution >= 0.6 is 0 Å². The maximum Gasteiger partial charge on any atom is 0.372 e. The molecule has 1 aromatic carbocycles. The highest BCUT2D eigenvalue weighted by Gasteiger charge is 2.45. The molecule has 0 fully saturated rings. The largest absolute Gasteiger partial charge is 0.477 e. The number of ether oxygens (including phenoxy) is 1. The summed E-state index contributed by atoms with van der Waals surface area (Å²) in [4.78, 5) is 23.4. The van der Waals surface area contributed by atoms with E-state index in [4.69, 9.17) is 4.74 Å². The van der Waals surface area contributed by atoms with E-state index in [1.165, 1.54) is 19.3 Å². The number of rotatable bonds is 13. The molecule has 0 aromatic heterocycles. The van der Waals surface area contributed by atoms with Crippen molar-refractivity contribution < 1.29 is 24.5 Å². The number of aliphatic hydroxyl groups is 1. The normalized spacial score (nSPS) is 13.4. The second-order valence-electron chi connectivity index (χ2n) is 6.02. The highest BCUT2D eigenvalue weighted by molar-refractivity contribution is 6.04. The second kappa shape index (κ2) is 10.9. The van der Waals surface area contributed by atoms with Gasteiger partial charge in [0.25, 0.3) is 0 Å².